The van der Waals surface area contributed by atoms with Crippen LogP contribution in [0.2, 0.25) is 0 Å². The van der Waals surface area contributed by atoms with Gasteiger partial charge in [-0.2, -0.15) is 18.3 Å². The number of fused-ring (bicyclic) bond motifs is 1. The van der Waals surface area contributed by atoms with Crippen molar-refractivity contribution in [1.29, 1.82) is 0 Å². The predicted octanol–water partition coefficient (Wildman–Crippen LogP) is 3.20. The van der Waals surface area contributed by atoms with Crippen molar-refractivity contribution in [2.75, 3.05) is 18.0 Å². The standard InChI is InChI=1S/C24H25F3N8O2/c1-13-30-19-18(14-6-7-17(28-8-14)24(25,26)27)31-22(32-20(19)21(36)34(13)5)35-11-16(37-23(2,3)12-35)15-9-29-33(4)10-15/h6-10,16H,11-12H2,1-5H3. The number of halogens is 3. The molecule has 5 rings (SSSR count). The quantitative estimate of drug-likeness (QED) is 0.411. The second-order valence-electron chi connectivity index (χ2n) is 9.72. The van der Waals surface area contributed by atoms with Crippen molar-refractivity contribution in [3.63, 3.8) is 0 Å². The molecule has 1 unspecified atom stereocenters. The van der Waals surface area contributed by atoms with Crippen LogP contribution >= 0.6 is 0 Å². The summed E-state index contributed by atoms with van der Waals surface area (Å²) < 4.78 is 48.7. The van der Waals surface area contributed by atoms with Crippen molar-refractivity contribution in [2.24, 2.45) is 14.1 Å². The topological polar surface area (TPSA) is 104 Å². The Morgan fingerprint density at radius 2 is 1.84 bits per heavy atom. The number of rotatable bonds is 3. The van der Waals surface area contributed by atoms with Crippen molar-refractivity contribution in [1.82, 2.24) is 34.3 Å². The largest absolute Gasteiger partial charge is 0.433 e. The average Bonchev–Trinajstić information content (AvgIpc) is 3.27. The van der Waals surface area contributed by atoms with Crippen LogP contribution in [0, 0.1) is 6.92 Å². The number of aryl methyl sites for hydroxylation is 2. The normalized spacial score (nSPS) is 17.9. The van der Waals surface area contributed by atoms with Crippen LogP contribution in [0.4, 0.5) is 19.1 Å². The van der Waals surface area contributed by atoms with Gasteiger partial charge in [-0.25, -0.2) is 15.0 Å². The lowest BCUT2D eigenvalue weighted by atomic mass is 10.0. The highest BCUT2D eigenvalue weighted by molar-refractivity contribution is 5.89. The minimum atomic E-state index is -4.58. The molecule has 1 fully saturated rings. The van der Waals surface area contributed by atoms with Gasteiger partial charge < -0.3 is 9.64 Å². The summed E-state index contributed by atoms with van der Waals surface area (Å²) in [5, 5.41) is 4.23. The first-order valence-electron chi connectivity index (χ1n) is 11.5. The van der Waals surface area contributed by atoms with Gasteiger partial charge in [0, 0.05) is 44.2 Å². The van der Waals surface area contributed by atoms with Crippen molar-refractivity contribution < 1.29 is 17.9 Å². The number of ether oxygens (including phenoxy) is 1. The van der Waals surface area contributed by atoms with Crippen LogP contribution in [0.1, 0.15) is 37.0 Å². The third-order valence-electron chi connectivity index (χ3n) is 6.26. The maximum atomic E-state index is 13.2. The van der Waals surface area contributed by atoms with Crippen LogP contribution in [-0.4, -0.2) is 53.0 Å². The average molecular weight is 515 g/mol. The molecule has 1 aliphatic rings. The zero-order valence-electron chi connectivity index (χ0n) is 20.9. The van der Waals surface area contributed by atoms with E-state index in [1.165, 1.54) is 10.6 Å². The lowest BCUT2D eigenvalue weighted by Gasteiger charge is -2.42. The van der Waals surface area contributed by atoms with E-state index in [1.807, 2.05) is 32.0 Å². The van der Waals surface area contributed by atoms with Gasteiger partial charge in [0.25, 0.3) is 5.56 Å². The second kappa shape index (κ2) is 8.61. The number of aromatic nitrogens is 7. The van der Waals surface area contributed by atoms with E-state index < -0.39 is 17.5 Å². The number of pyridine rings is 1. The van der Waals surface area contributed by atoms with Gasteiger partial charge in [0.05, 0.1) is 18.3 Å². The molecule has 194 valence electrons. The monoisotopic (exact) mass is 514 g/mol. The molecule has 0 amide bonds. The van der Waals surface area contributed by atoms with Gasteiger partial charge in [0.15, 0.2) is 5.52 Å². The van der Waals surface area contributed by atoms with E-state index in [1.54, 1.807) is 24.9 Å². The zero-order chi connectivity index (χ0) is 26.7. The first-order valence-corrected chi connectivity index (χ1v) is 11.5. The van der Waals surface area contributed by atoms with Gasteiger partial charge >= 0.3 is 6.18 Å². The number of nitrogens with zero attached hydrogens (tertiary/aromatic N) is 8. The maximum absolute atomic E-state index is 13.2. The molecule has 0 N–H and O–H groups in total. The maximum Gasteiger partial charge on any atom is 0.433 e. The highest BCUT2D eigenvalue weighted by Crippen LogP contribution is 2.34. The van der Waals surface area contributed by atoms with E-state index in [4.69, 9.17) is 9.72 Å². The minimum absolute atomic E-state index is 0.0650. The molecule has 5 heterocycles. The summed E-state index contributed by atoms with van der Waals surface area (Å²) in [5.74, 6) is 0.662. The summed E-state index contributed by atoms with van der Waals surface area (Å²) >= 11 is 0. The summed E-state index contributed by atoms with van der Waals surface area (Å²) in [5.41, 5.74) is -0.349. The Morgan fingerprint density at radius 3 is 2.46 bits per heavy atom. The smallest absolute Gasteiger partial charge is 0.364 e. The van der Waals surface area contributed by atoms with Crippen LogP contribution in [0.3, 0.4) is 0 Å². The lowest BCUT2D eigenvalue weighted by Crippen LogP contribution is -2.50. The zero-order valence-corrected chi connectivity index (χ0v) is 20.9. The molecular formula is C24H25F3N8O2. The van der Waals surface area contributed by atoms with Crippen LogP contribution < -0.4 is 10.5 Å². The first-order chi connectivity index (χ1) is 17.3. The van der Waals surface area contributed by atoms with E-state index in [0.29, 0.717) is 18.9 Å². The number of hydrogen-bond donors (Lipinski definition) is 0. The second-order valence-corrected chi connectivity index (χ2v) is 9.72. The third kappa shape index (κ3) is 4.66. The molecule has 10 nitrogen and oxygen atoms in total. The first kappa shape index (κ1) is 24.8. The van der Waals surface area contributed by atoms with Gasteiger partial charge in [-0.15, -0.1) is 0 Å². The molecule has 1 saturated heterocycles. The van der Waals surface area contributed by atoms with Gasteiger partial charge in [-0.3, -0.25) is 19.0 Å². The molecule has 0 radical (unpaired) electrons. The Morgan fingerprint density at radius 1 is 1.08 bits per heavy atom. The van der Waals surface area contributed by atoms with Gasteiger partial charge in [0.2, 0.25) is 5.95 Å². The number of anilines is 1. The van der Waals surface area contributed by atoms with Crippen molar-refractivity contribution >= 4 is 17.0 Å². The fraction of sp³-hybridized carbons (Fsp3) is 0.417. The van der Waals surface area contributed by atoms with E-state index in [-0.39, 0.29) is 39.9 Å². The molecule has 13 heteroatoms. The van der Waals surface area contributed by atoms with Crippen LogP contribution in [0.5, 0.6) is 0 Å². The van der Waals surface area contributed by atoms with Crippen LogP contribution in [-0.2, 0) is 25.0 Å². The van der Waals surface area contributed by atoms with Crippen LogP contribution in [0.25, 0.3) is 22.3 Å². The Balaban J connectivity index is 1.67. The van der Waals surface area contributed by atoms with Gasteiger partial charge in [-0.1, -0.05) is 0 Å². The number of alkyl halides is 3. The van der Waals surface area contributed by atoms with Gasteiger partial charge in [-0.05, 0) is 32.9 Å². The third-order valence-corrected chi connectivity index (χ3v) is 6.26. The number of hydrogen-bond acceptors (Lipinski definition) is 8. The molecule has 4 aromatic heterocycles. The predicted molar refractivity (Wildman–Crippen MR) is 129 cm³/mol. The van der Waals surface area contributed by atoms with Gasteiger partial charge in [0.1, 0.15) is 28.8 Å². The fourth-order valence-electron chi connectivity index (χ4n) is 4.40. The van der Waals surface area contributed by atoms with E-state index >= 15 is 0 Å². The fourth-order valence-corrected chi connectivity index (χ4v) is 4.40. The minimum Gasteiger partial charge on any atom is -0.364 e. The van der Waals surface area contributed by atoms with Crippen LogP contribution in [0.15, 0.2) is 35.5 Å². The summed E-state index contributed by atoms with van der Waals surface area (Å²) in [7, 11) is 3.40. The molecule has 0 aliphatic carbocycles. The van der Waals surface area contributed by atoms with E-state index in [9.17, 15) is 18.0 Å². The summed E-state index contributed by atoms with van der Waals surface area (Å²) in [6.07, 6.45) is -0.236. The SMILES string of the molecule is Cc1nc2c(-c3ccc(C(F)(F)F)nc3)nc(N3CC(c4cnn(C)c4)OC(C)(C)C3)nc2c(=O)n1C. The summed E-state index contributed by atoms with van der Waals surface area (Å²) in [6.45, 7) is 6.33. The molecule has 0 aromatic carbocycles. The highest BCUT2D eigenvalue weighted by Gasteiger charge is 2.37. The molecule has 0 bridgehead atoms. The molecule has 1 atom stereocenters. The Hall–Kier alpha value is -3.87. The molecule has 1 aliphatic heterocycles. The lowest BCUT2D eigenvalue weighted by molar-refractivity contribution is -0.141. The summed E-state index contributed by atoms with van der Waals surface area (Å²) in [4.78, 5) is 32.4. The molecular weight excluding hydrogens is 489 g/mol. The van der Waals surface area contributed by atoms with E-state index in [0.717, 1.165) is 17.8 Å². The molecule has 4 aromatic rings. The molecule has 37 heavy (non-hydrogen) atoms. The van der Waals surface area contributed by atoms with Crippen molar-refractivity contribution in [3.05, 3.63) is 58.2 Å². The van der Waals surface area contributed by atoms with Crippen molar-refractivity contribution in [3.8, 4) is 11.3 Å². The van der Waals surface area contributed by atoms with Crippen molar-refractivity contribution in [2.45, 2.75) is 38.7 Å². The Bertz CT molecular complexity index is 1540. The molecule has 0 spiro atoms. The summed E-state index contributed by atoms with van der Waals surface area (Å²) in [6, 6.07) is 2.16. The Kier molecular flexibility index (Phi) is 5.77. The van der Waals surface area contributed by atoms with E-state index in [2.05, 4.69) is 20.1 Å². The highest BCUT2D eigenvalue weighted by atomic mass is 19.4. The number of morpholine rings is 1. The Labute approximate surface area is 209 Å². The molecule has 0 saturated carbocycles.